The summed E-state index contributed by atoms with van der Waals surface area (Å²) >= 11 is 0. The number of phenolic OH excluding ortho intramolecular Hbond substituents is 1. The summed E-state index contributed by atoms with van der Waals surface area (Å²) in [7, 11) is 0. The molecule has 19 heavy (non-hydrogen) atoms. The molecule has 0 aliphatic rings. The Balaban J connectivity index is 2.63. The first-order valence-corrected chi connectivity index (χ1v) is 6.49. The lowest BCUT2D eigenvalue weighted by molar-refractivity contribution is 0.0257. The summed E-state index contributed by atoms with van der Waals surface area (Å²) in [6.07, 6.45) is -0.232. The molecule has 5 nitrogen and oxygen atoms in total. The number of esters is 1. The minimum Gasteiger partial charge on any atom is -0.507 e. The third-order valence-corrected chi connectivity index (χ3v) is 2.96. The van der Waals surface area contributed by atoms with E-state index in [9.17, 15) is 9.90 Å². The van der Waals surface area contributed by atoms with Gasteiger partial charge in [-0.2, -0.15) is 0 Å². The lowest BCUT2D eigenvalue weighted by atomic mass is 10.2. The van der Waals surface area contributed by atoms with E-state index in [2.05, 4.69) is 18.7 Å². The van der Waals surface area contributed by atoms with Crippen LogP contribution >= 0.6 is 0 Å². The van der Waals surface area contributed by atoms with Gasteiger partial charge in [0.05, 0.1) is 0 Å². The molecule has 5 heteroatoms. The predicted octanol–water partition coefficient (Wildman–Crippen LogP) is 1.86. The topological polar surface area (TPSA) is 75.8 Å². The second kappa shape index (κ2) is 6.99. The fourth-order valence-electron chi connectivity index (χ4n) is 1.85. The number of benzene rings is 1. The molecule has 0 amide bonds. The third-order valence-electron chi connectivity index (χ3n) is 2.96. The van der Waals surface area contributed by atoms with E-state index in [1.54, 1.807) is 6.07 Å². The van der Waals surface area contributed by atoms with E-state index in [1.807, 2.05) is 6.92 Å². The highest BCUT2D eigenvalue weighted by Gasteiger charge is 2.17. The molecule has 1 aromatic rings. The quantitative estimate of drug-likeness (QED) is 0.607. The molecule has 0 aliphatic heterocycles. The molecular weight excluding hydrogens is 244 g/mol. The number of phenols is 1. The Morgan fingerprint density at radius 2 is 2.05 bits per heavy atom. The van der Waals surface area contributed by atoms with Crippen LogP contribution in [0, 0.1) is 0 Å². The van der Waals surface area contributed by atoms with E-state index in [-0.39, 0.29) is 17.4 Å². The maximum Gasteiger partial charge on any atom is 0.342 e. The second-order valence-corrected chi connectivity index (χ2v) is 4.48. The number of aromatic hydroxyl groups is 1. The van der Waals surface area contributed by atoms with Gasteiger partial charge in [0.15, 0.2) is 0 Å². The zero-order valence-corrected chi connectivity index (χ0v) is 11.7. The van der Waals surface area contributed by atoms with Gasteiger partial charge >= 0.3 is 5.97 Å². The minimum absolute atomic E-state index is 0.139. The van der Waals surface area contributed by atoms with Crippen molar-refractivity contribution in [3.63, 3.8) is 0 Å². The predicted molar refractivity (Wildman–Crippen MR) is 75.2 cm³/mol. The average Bonchev–Trinajstić information content (AvgIpc) is 2.35. The largest absolute Gasteiger partial charge is 0.507 e. The Morgan fingerprint density at radius 1 is 1.42 bits per heavy atom. The molecule has 0 fully saturated rings. The van der Waals surface area contributed by atoms with Crippen LogP contribution in [0.2, 0.25) is 0 Å². The number of rotatable bonds is 6. The van der Waals surface area contributed by atoms with Crippen molar-refractivity contribution < 1.29 is 14.6 Å². The van der Waals surface area contributed by atoms with E-state index in [0.29, 0.717) is 12.2 Å². The van der Waals surface area contributed by atoms with Crippen molar-refractivity contribution in [2.75, 3.05) is 25.4 Å². The number of hydrogen-bond acceptors (Lipinski definition) is 5. The van der Waals surface area contributed by atoms with E-state index in [4.69, 9.17) is 10.5 Å². The van der Waals surface area contributed by atoms with Crippen molar-refractivity contribution in [3.05, 3.63) is 23.8 Å². The van der Waals surface area contributed by atoms with Gasteiger partial charge in [0.25, 0.3) is 0 Å². The number of ether oxygens (including phenoxy) is 1. The standard InChI is InChI=1S/C14H22N2O3/c1-4-16(5-2)9-10(3)19-14(18)12-7-6-11(15)8-13(12)17/h6-8,10,17H,4-5,9,15H2,1-3H3. The highest BCUT2D eigenvalue weighted by molar-refractivity contribution is 5.93. The molecule has 0 bridgehead atoms. The molecule has 0 radical (unpaired) electrons. The summed E-state index contributed by atoms with van der Waals surface area (Å²) in [5, 5.41) is 9.66. The Morgan fingerprint density at radius 3 is 2.58 bits per heavy atom. The van der Waals surface area contributed by atoms with E-state index in [1.165, 1.54) is 12.1 Å². The Bertz CT molecular complexity index is 431. The van der Waals surface area contributed by atoms with Crippen LogP contribution < -0.4 is 5.73 Å². The van der Waals surface area contributed by atoms with Gasteiger partial charge in [-0.15, -0.1) is 0 Å². The molecule has 0 aromatic heterocycles. The van der Waals surface area contributed by atoms with E-state index < -0.39 is 5.97 Å². The van der Waals surface area contributed by atoms with Gasteiger partial charge in [-0.05, 0) is 32.1 Å². The summed E-state index contributed by atoms with van der Waals surface area (Å²) in [4.78, 5) is 14.1. The van der Waals surface area contributed by atoms with Crippen molar-refractivity contribution in [3.8, 4) is 5.75 Å². The fraction of sp³-hybridized carbons (Fsp3) is 0.500. The van der Waals surface area contributed by atoms with Gasteiger partial charge in [0.1, 0.15) is 17.4 Å². The molecule has 1 atom stereocenters. The molecular formula is C14H22N2O3. The molecule has 0 aliphatic carbocycles. The van der Waals surface area contributed by atoms with Crippen LogP contribution in [-0.4, -0.2) is 41.7 Å². The van der Waals surface area contributed by atoms with Gasteiger partial charge in [0, 0.05) is 18.3 Å². The molecule has 1 aromatic carbocycles. The molecule has 0 spiro atoms. The first-order valence-electron chi connectivity index (χ1n) is 6.49. The lowest BCUT2D eigenvalue weighted by Crippen LogP contribution is -2.33. The molecule has 0 saturated heterocycles. The van der Waals surface area contributed by atoms with E-state index in [0.717, 1.165) is 13.1 Å². The van der Waals surface area contributed by atoms with Crippen LogP contribution in [0.3, 0.4) is 0 Å². The van der Waals surface area contributed by atoms with Gasteiger partial charge in [-0.3, -0.25) is 0 Å². The van der Waals surface area contributed by atoms with Crippen molar-refractivity contribution in [2.45, 2.75) is 26.9 Å². The van der Waals surface area contributed by atoms with Crippen LogP contribution in [-0.2, 0) is 4.74 Å². The van der Waals surface area contributed by atoms with Crippen molar-refractivity contribution in [2.24, 2.45) is 0 Å². The second-order valence-electron chi connectivity index (χ2n) is 4.48. The fourth-order valence-corrected chi connectivity index (χ4v) is 1.85. The monoisotopic (exact) mass is 266 g/mol. The number of nitrogens with zero attached hydrogens (tertiary/aromatic N) is 1. The van der Waals surface area contributed by atoms with E-state index >= 15 is 0 Å². The zero-order chi connectivity index (χ0) is 14.4. The lowest BCUT2D eigenvalue weighted by Gasteiger charge is -2.22. The maximum absolute atomic E-state index is 11.9. The summed E-state index contributed by atoms with van der Waals surface area (Å²) in [5.74, 6) is -0.683. The molecule has 0 heterocycles. The van der Waals surface area contributed by atoms with Gasteiger partial charge in [0.2, 0.25) is 0 Å². The van der Waals surface area contributed by atoms with Gasteiger partial charge in [-0.25, -0.2) is 4.79 Å². The van der Waals surface area contributed by atoms with Crippen LogP contribution in [0.4, 0.5) is 5.69 Å². The first-order chi connectivity index (χ1) is 8.97. The Kier molecular flexibility index (Phi) is 5.63. The van der Waals surface area contributed by atoms with Crippen LogP contribution in [0.1, 0.15) is 31.1 Å². The molecule has 3 N–H and O–H groups in total. The summed E-state index contributed by atoms with van der Waals surface area (Å²) in [6.45, 7) is 8.45. The van der Waals surface area contributed by atoms with Crippen LogP contribution in [0.5, 0.6) is 5.75 Å². The normalized spacial score (nSPS) is 12.4. The Labute approximate surface area is 114 Å². The maximum atomic E-state index is 11.9. The number of hydrogen-bond donors (Lipinski definition) is 2. The number of nitrogen functional groups attached to an aromatic ring is 1. The van der Waals surface area contributed by atoms with Crippen molar-refractivity contribution in [1.82, 2.24) is 4.90 Å². The van der Waals surface area contributed by atoms with Crippen molar-refractivity contribution in [1.29, 1.82) is 0 Å². The molecule has 0 saturated carbocycles. The molecule has 106 valence electrons. The van der Waals surface area contributed by atoms with Crippen molar-refractivity contribution >= 4 is 11.7 Å². The van der Waals surface area contributed by atoms with Gasteiger partial charge < -0.3 is 20.5 Å². The highest BCUT2D eigenvalue weighted by Crippen LogP contribution is 2.21. The number of carbonyl (C=O) groups is 1. The molecule has 1 unspecified atom stereocenters. The average molecular weight is 266 g/mol. The van der Waals surface area contributed by atoms with Crippen LogP contribution in [0.25, 0.3) is 0 Å². The van der Waals surface area contributed by atoms with Gasteiger partial charge in [-0.1, -0.05) is 13.8 Å². The smallest absolute Gasteiger partial charge is 0.342 e. The number of nitrogens with two attached hydrogens (primary N) is 1. The molecule has 1 rings (SSSR count). The summed E-state index contributed by atoms with van der Waals surface area (Å²) in [5.41, 5.74) is 6.06. The highest BCUT2D eigenvalue weighted by atomic mass is 16.5. The number of anilines is 1. The first kappa shape index (κ1) is 15.3. The zero-order valence-electron chi connectivity index (χ0n) is 11.7. The van der Waals surface area contributed by atoms with Crippen LogP contribution in [0.15, 0.2) is 18.2 Å². The number of likely N-dealkylation sites (N-methyl/N-ethyl adjacent to an activating group) is 1. The Hall–Kier alpha value is -1.75. The summed E-state index contributed by atoms with van der Waals surface area (Å²) < 4.78 is 5.31. The minimum atomic E-state index is -0.530. The third kappa shape index (κ3) is 4.44. The number of carbonyl (C=O) groups excluding carboxylic acids is 1. The summed E-state index contributed by atoms with van der Waals surface area (Å²) in [6, 6.07) is 4.37. The SMILES string of the molecule is CCN(CC)CC(C)OC(=O)c1ccc(N)cc1O.